The molecule has 1 aromatic carbocycles. The van der Waals surface area contributed by atoms with Crippen LogP contribution in [-0.2, 0) is 4.74 Å². The Morgan fingerprint density at radius 2 is 1.84 bits per heavy atom. The van der Waals surface area contributed by atoms with E-state index in [0.29, 0.717) is 24.3 Å². The summed E-state index contributed by atoms with van der Waals surface area (Å²) in [5.74, 6) is -0.105. The Bertz CT molecular complexity index is 795. The van der Waals surface area contributed by atoms with Gasteiger partial charge in [0.2, 0.25) is 0 Å². The molecule has 0 saturated carbocycles. The summed E-state index contributed by atoms with van der Waals surface area (Å²) in [4.78, 5) is 29.8. The predicted molar refractivity (Wildman–Crippen MR) is 95.9 cm³/mol. The second-order valence-corrected chi connectivity index (χ2v) is 6.74. The van der Waals surface area contributed by atoms with Crippen LogP contribution in [0, 0.1) is 13.8 Å². The Labute approximate surface area is 148 Å². The Hall–Kier alpha value is -2.40. The first-order chi connectivity index (χ1) is 11.9. The molecule has 0 bridgehead atoms. The molecule has 2 aromatic rings. The number of amides is 1. The number of carbonyl (C=O) groups is 2. The van der Waals surface area contributed by atoms with Crippen LogP contribution in [0.3, 0.4) is 0 Å². The van der Waals surface area contributed by atoms with E-state index in [4.69, 9.17) is 4.74 Å². The number of Topliss-reactive ketones (excluding diaryl/α,β-unsaturated/α-hetero) is 1. The van der Waals surface area contributed by atoms with E-state index in [1.165, 1.54) is 6.92 Å². The van der Waals surface area contributed by atoms with Crippen molar-refractivity contribution in [3.63, 3.8) is 0 Å². The molecule has 0 unspecified atom stereocenters. The highest BCUT2D eigenvalue weighted by atomic mass is 16.5. The fraction of sp³-hybridized carbons (Fsp3) is 0.400. The second-order valence-electron chi connectivity index (χ2n) is 6.74. The largest absolute Gasteiger partial charge is 0.367 e. The van der Waals surface area contributed by atoms with Gasteiger partial charge in [0.25, 0.3) is 5.91 Å². The number of aromatic amines is 1. The monoisotopic (exact) mass is 340 g/mol. The smallest absolute Gasteiger partial charge is 0.270 e. The molecule has 5 nitrogen and oxygen atoms in total. The summed E-state index contributed by atoms with van der Waals surface area (Å²) >= 11 is 0. The van der Waals surface area contributed by atoms with Crippen molar-refractivity contribution >= 4 is 11.7 Å². The summed E-state index contributed by atoms with van der Waals surface area (Å²) in [6.07, 6.45) is -0.191. The zero-order chi connectivity index (χ0) is 18.1. The lowest BCUT2D eigenvalue weighted by Gasteiger charge is -2.37. The van der Waals surface area contributed by atoms with Gasteiger partial charge >= 0.3 is 0 Å². The van der Waals surface area contributed by atoms with Gasteiger partial charge in [-0.1, -0.05) is 30.3 Å². The van der Waals surface area contributed by atoms with E-state index in [2.05, 4.69) is 4.98 Å². The van der Waals surface area contributed by atoms with Gasteiger partial charge in [0.15, 0.2) is 5.78 Å². The average molecular weight is 340 g/mol. The van der Waals surface area contributed by atoms with Crippen LogP contribution in [0.25, 0.3) is 0 Å². The number of morpholine rings is 1. The number of hydrogen-bond acceptors (Lipinski definition) is 3. The van der Waals surface area contributed by atoms with Crippen molar-refractivity contribution in [2.24, 2.45) is 0 Å². The Balaban J connectivity index is 1.87. The van der Waals surface area contributed by atoms with Crippen molar-refractivity contribution in [1.29, 1.82) is 0 Å². The van der Waals surface area contributed by atoms with Crippen LogP contribution < -0.4 is 0 Å². The van der Waals surface area contributed by atoms with E-state index in [-0.39, 0.29) is 23.9 Å². The molecule has 2 heterocycles. The van der Waals surface area contributed by atoms with Crippen molar-refractivity contribution in [2.75, 3.05) is 13.1 Å². The van der Waals surface area contributed by atoms with E-state index in [1.54, 1.807) is 0 Å². The summed E-state index contributed by atoms with van der Waals surface area (Å²) in [6.45, 7) is 8.19. The molecule has 0 spiro atoms. The molecule has 1 aromatic heterocycles. The van der Waals surface area contributed by atoms with Crippen LogP contribution in [0.4, 0.5) is 0 Å². The van der Waals surface area contributed by atoms with Crippen LogP contribution in [0.5, 0.6) is 0 Å². The van der Waals surface area contributed by atoms with Gasteiger partial charge in [-0.2, -0.15) is 0 Å². The number of nitrogens with one attached hydrogen (secondary N) is 1. The molecule has 1 saturated heterocycles. The molecule has 1 N–H and O–H groups in total. The zero-order valence-electron chi connectivity index (χ0n) is 15.1. The van der Waals surface area contributed by atoms with Gasteiger partial charge in [0.1, 0.15) is 11.8 Å². The number of hydrogen-bond donors (Lipinski definition) is 1. The van der Waals surface area contributed by atoms with Gasteiger partial charge in [-0.3, -0.25) is 9.59 Å². The number of nitrogens with zero attached hydrogens (tertiary/aromatic N) is 1. The van der Waals surface area contributed by atoms with Crippen molar-refractivity contribution in [3.8, 4) is 0 Å². The molecule has 1 aliphatic heterocycles. The maximum absolute atomic E-state index is 13.1. The first-order valence-electron chi connectivity index (χ1n) is 8.58. The third kappa shape index (κ3) is 3.37. The Morgan fingerprint density at radius 3 is 2.44 bits per heavy atom. The van der Waals surface area contributed by atoms with Crippen LogP contribution in [0.15, 0.2) is 30.3 Å². The van der Waals surface area contributed by atoms with Crippen molar-refractivity contribution in [2.45, 2.75) is 39.9 Å². The fourth-order valence-electron chi connectivity index (χ4n) is 3.62. The molecule has 132 valence electrons. The highest BCUT2D eigenvalue weighted by Gasteiger charge is 2.32. The van der Waals surface area contributed by atoms with E-state index >= 15 is 0 Å². The quantitative estimate of drug-likeness (QED) is 0.871. The lowest BCUT2D eigenvalue weighted by molar-refractivity contribution is -0.0693. The molecule has 0 aliphatic carbocycles. The summed E-state index contributed by atoms with van der Waals surface area (Å²) in [5.41, 5.74) is 3.66. The van der Waals surface area contributed by atoms with Crippen molar-refractivity contribution in [3.05, 3.63) is 58.4 Å². The van der Waals surface area contributed by atoms with Crippen LogP contribution in [0.2, 0.25) is 0 Å². The number of rotatable bonds is 3. The molecular formula is C20H24N2O3. The SMILES string of the molecule is CC(=O)c1c(C)[nH]c(C(=O)N2C[C@@H](c3ccccc3)O[C@@H](C)C2)c1C. The van der Waals surface area contributed by atoms with Gasteiger partial charge < -0.3 is 14.6 Å². The van der Waals surface area contributed by atoms with E-state index in [1.807, 2.05) is 56.0 Å². The van der Waals surface area contributed by atoms with Gasteiger partial charge in [0.05, 0.1) is 12.6 Å². The fourth-order valence-corrected chi connectivity index (χ4v) is 3.62. The summed E-state index contributed by atoms with van der Waals surface area (Å²) < 4.78 is 6.03. The molecule has 1 amide bonds. The minimum atomic E-state index is -0.141. The van der Waals surface area contributed by atoms with Crippen LogP contribution in [-0.4, -0.2) is 40.8 Å². The van der Waals surface area contributed by atoms with Crippen molar-refractivity contribution < 1.29 is 14.3 Å². The molecule has 3 rings (SSSR count). The second kappa shape index (κ2) is 6.84. The van der Waals surface area contributed by atoms with E-state index < -0.39 is 0 Å². The topological polar surface area (TPSA) is 62.4 Å². The maximum atomic E-state index is 13.1. The molecule has 1 aliphatic rings. The van der Waals surface area contributed by atoms with Gasteiger partial charge in [-0.05, 0) is 38.8 Å². The summed E-state index contributed by atoms with van der Waals surface area (Å²) in [6, 6.07) is 9.95. The van der Waals surface area contributed by atoms with E-state index in [9.17, 15) is 9.59 Å². The lowest BCUT2D eigenvalue weighted by atomic mass is 10.0. The molecule has 0 radical (unpaired) electrons. The molecule has 2 atom stereocenters. The third-order valence-electron chi connectivity index (χ3n) is 4.72. The van der Waals surface area contributed by atoms with E-state index in [0.717, 1.165) is 16.8 Å². The predicted octanol–water partition coefficient (Wildman–Crippen LogP) is 3.44. The first kappa shape index (κ1) is 17.4. The summed E-state index contributed by atoms with van der Waals surface area (Å²) in [7, 11) is 0. The molecule has 5 heteroatoms. The summed E-state index contributed by atoms with van der Waals surface area (Å²) in [5, 5.41) is 0. The lowest BCUT2D eigenvalue weighted by Crippen LogP contribution is -2.46. The van der Waals surface area contributed by atoms with Crippen molar-refractivity contribution in [1.82, 2.24) is 9.88 Å². The highest BCUT2D eigenvalue weighted by molar-refractivity contribution is 6.02. The Kier molecular flexibility index (Phi) is 4.77. The molecular weight excluding hydrogens is 316 g/mol. The maximum Gasteiger partial charge on any atom is 0.270 e. The Morgan fingerprint density at radius 1 is 1.16 bits per heavy atom. The average Bonchev–Trinajstić information content (AvgIpc) is 2.89. The normalized spacial score (nSPS) is 20.6. The molecule has 1 fully saturated rings. The number of aryl methyl sites for hydroxylation is 1. The van der Waals surface area contributed by atoms with Gasteiger partial charge in [-0.25, -0.2) is 0 Å². The first-order valence-corrected chi connectivity index (χ1v) is 8.58. The number of aromatic nitrogens is 1. The highest BCUT2D eigenvalue weighted by Crippen LogP contribution is 2.27. The van der Waals surface area contributed by atoms with Gasteiger partial charge in [-0.15, -0.1) is 0 Å². The number of ether oxygens (including phenoxy) is 1. The van der Waals surface area contributed by atoms with Gasteiger partial charge in [0, 0.05) is 17.8 Å². The standard InChI is InChI=1S/C20H24N2O3/c1-12-10-22(11-17(25-12)16-8-6-5-7-9-16)20(24)19-13(2)18(15(4)23)14(3)21-19/h5-9,12,17,21H,10-11H2,1-4H3/t12-,17-/m0/s1. The number of benzene rings is 1. The minimum Gasteiger partial charge on any atom is -0.367 e. The number of ketones is 1. The number of carbonyl (C=O) groups excluding carboxylic acids is 2. The van der Waals surface area contributed by atoms with Crippen LogP contribution in [0.1, 0.15) is 57.6 Å². The zero-order valence-corrected chi connectivity index (χ0v) is 15.1. The third-order valence-corrected chi connectivity index (χ3v) is 4.72. The minimum absolute atomic E-state index is 0.0252. The molecule has 25 heavy (non-hydrogen) atoms. The number of H-pyrrole nitrogens is 1. The van der Waals surface area contributed by atoms with Crippen LogP contribution >= 0.6 is 0 Å².